The Hall–Kier alpha value is -1.00. The molecule has 1 atom stereocenters. The van der Waals surface area contributed by atoms with E-state index in [2.05, 4.69) is 0 Å². The van der Waals surface area contributed by atoms with Gasteiger partial charge in [-0.3, -0.25) is 0 Å². The fraction of sp³-hybridized carbons (Fsp3) is 0.364. The fourth-order valence-corrected chi connectivity index (χ4v) is 2.30. The number of carboxylic acids is 1. The highest BCUT2D eigenvalue weighted by atomic mass is 32.2. The molecule has 1 aliphatic rings. The number of benzene rings is 1. The first-order valence-corrected chi connectivity index (χ1v) is 5.72. The molecule has 0 saturated heterocycles. The molecular formula is C11H12O3S. The predicted octanol–water partition coefficient (Wildman–Crippen LogP) is 2.06. The SMILES string of the molecule is O=C(O)C(O)c1ccc(SC2CC2)cc1. The van der Waals surface area contributed by atoms with Gasteiger partial charge in [0.1, 0.15) is 0 Å². The number of aliphatic carboxylic acids is 1. The number of aliphatic hydroxyl groups excluding tert-OH is 1. The van der Waals surface area contributed by atoms with Crippen molar-refractivity contribution in [1.29, 1.82) is 0 Å². The maximum absolute atomic E-state index is 10.5. The first kappa shape index (κ1) is 10.5. The Morgan fingerprint density at radius 2 is 1.93 bits per heavy atom. The van der Waals surface area contributed by atoms with Crippen LogP contribution in [-0.2, 0) is 4.79 Å². The largest absolute Gasteiger partial charge is 0.479 e. The molecule has 1 aromatic carbocycles. The predicted molar refractivity (Wildman–Crippen MR) is 57.9 cm³/mol. The maximum atomic E-state index is 10.5. The van der Waals surface area contributed by atoms with Crippen molar-refractivity contribution in [2.75, 3.05) is 0 Å². The molecule has 0 radical (unpaired) electrons. The van der Waals surface area contributed by atoms with Crippen molar-refractivity contribution in [3.63, 3.8) is 0 Å². The number of aliphatic hydroxyl groups is 1. The Balaban J connectivity index is 2.05. The minimum Gasteiger partial charge on any atom is -0.479 e. The van der Waals surface area contributed by atoms with E-state index in [-0.39, 0.29) is 0 Å². The number of hydrogen-bond acceptors (Lipinski definition) is 3. The molecule has 2 rings (SSSR count). The van der Waals surface area contributed by atoms with E-state index < -0.39 is 12.1 Å². The van der Waals surface area contributed by atoms with Gasteiger partial charge in [0, 0.05) is 10.1 Å². The smallest absolute Gasteiger partial charge is 0.337 e. The molecule has 0 heterocycles. The van der Waals surface area contributed by atoms with E-state index in [1.165, 1.54) is 12.8 Å². The van der Waals surface area contributed by atoms with Crippen molar-refractivity contribution in [2.45, 2.75) is 29.1 Å². The quantitative estimate of drug-likeness (QED) is 0.822. The fourth-order valence-electron chi connectivity index (χ4n) is 1.25. The molecule has 0 bridgehead atoms. The minimum absolute atomic E-state index is 0.433. The summed E-state index contributed by atoms with van der Waals surface area (Å²) in [6.07, 6.45) is 1.12. The van der Waals surface area contributed by atoms with E-state index in [1.807, 2.05) is 23.9 Å². The van der Waals surface area contributed by atoms with Crippen LogP contribution in [0.1, 0.15) is 24.5 Å². The van der Waals surface area contributed by atoms with Crippen LogP contribution in [-0.4, -0.2) is 21.4 Å². The summed E-state index contributed by atoms with van der Waals surface area (Å²) in [7, 11) is 0. The standard InChI is InChI=1S/C11H12O3S/c12-10(11(13)14)7-1-3-8(4-2-7)15-9-5-6-9/h1-4,9-10,12H,5-6H2,(H,13,14). The van der Waals surface area contributed by atoms with Gasteiger partial charge in [0.2, 0.25) is 0 Å². The number of thioether (sulfide) groups is 1. The van der Waals surface area contributed by atoms with Crippen LogP contribution in [0.2, 0.25) is 0 Å². The zero-order chi connectivity index (χ0) is 10.8. The van der Waals surface area contributed by atoms with Crippen molar-refractivity contribution < 1.29 is 15.0 Å². The van der Waals surface area contributed by atoms with Gasteiger partial charge in [-0.2, -0.15) is 0 Å². The third-order valence-electron chi connectivity index (χ3n) is 2.26. The van der Waals surface area contributed by atoms with E-state index in [4.69, 9.17) is 5.11 Å². The van der Waals surface area contributed by atoms with E-state index in [1.54, 1.807) is 12.1 Å². The molecule has 15 heavy (non-hydrogen) atoms. The molecule has 0 aromatic heterocycles. The average Bonchev–Trinajstić information content (AvgIpc) is 3.02. The monoisotopic (exact) mass is 224 g/mol. The van der Waals surface area contributed by atoms with Crippen LogP contribution >= 0.6 is 11.8 Å². The summed E-state index contributed by atoms with van der Waals surface area (Å²) in [5, 5.41) is 18.6. The summed E-state index contributed by atoms with van der Waals surface area (Å²) in [5.74, 6) is -1.21. The molecule has 0 aliphatic heterocycles. The maximum Gasteiger partial charge on any atom is 0.337 e. The highest BCUT2D eigenvalue weighted by molar-refractivity contribution is 8.00. The van der Waals surface area contributed by atoms with Gasteiger partial charge in [-0.25, -0.2) is 4.79 Å². The minimum atomic E-state index is -1.41. The lowest BCUT2D eigenvalue weighted by Gasteiger charge is -2.06. The topological polar surface area (TPSA) is 57.5 Å². The first-order valence-electron chi connectivity index (χ1n) is 4.84. The Labute approximate surface area is 92.1 Å². The van der Waals surface area contributed by atoms with Crippen molar-refractivity contribution in [2.24, 2.45) is 0 Å². The molecule has 1 aliphatic carbocycles. The summed E-state index contributed by atoms with van der Waals surface area (Å²) < 4.78 is 0. The van der Waals surface area contributed by atoms with Gasteiger partial charge in [-0.05, 0) is 30.5 Å². The molecular weight excluding hydrogens is 212 g/mol. The second kappa shape index (κ2) is 4.24. The van der Waals surface area contributed by atoms with Gasteiger partial charge < -0.3 is 10.2 Å². The molecule has 0 amide bonds. The summed E-state index contributed by atoms with van der Waals surface area (Å²) in [6, 6.07) is 7.07. The molecule has 3 nitrogen and oxygen atoms in total. The molecule has 1 saturated carbocycles. The van der Waals surface area contributed by atoms with E-state index in [0.29, 0.717) is 5.56 Å². The Morgan fingerprint density at radius 3 is 2.40 bits per heavy atom. The molecule has 2 N–H and O–H groups in total. The van der Waals surface area contributed by atoms with Crippen LogP contribution in [0.3, 0.4) is 0 Å². The molecule has 0 spiro atoms. The molecule has 4 heteroatoms. The lowest BCUT2D eigenvalue weighted by atomic mass is 10.1. The normalized spacial score (nSPS) is 17.4. The highest BCUT2D eigenvalue weighted by Crippen LogP contribution is 2.39. The first-order chi connectivity index (χ1) is 7.16. The van der Waals surface area contributed by atoms with Crippen LogP contribution in [0.25, 0.3) is 0 Å². The summed E-state index contributed by atoms with van der Waals surface area (Å²) >= 11 is 1.81. The zero-order valence-corrected chi connectivity index (χ0v) is 8.91. The van der Waals surface area contributed by atoms with Crippen LogP contribution in [0, 0.1) is 0 Å². The van der Waals surface area contributed by atoms with Crippen LogP contribution in [0.4, 0.5) is 0 Å². The van der Waals surface area contributed by atoms with E-state index in [9.17, 15) is 9.90 Å². The third kappa shape index (κ3) is 2.73. The number of hydrogen-bond donors (Lipinski definition) is 2. The van der Waals surface area contributed by atoms with Crippen molar-refractivity contribution in [1.82, 2.24) is 0 Å². The van der Waals surface area contributed by atoms with Gasteiger partial charge in [0.25, 0.3) is 0 Å². The zero-order valence-electron chi connectivity index (χ0n) is 8.09. The van der Waals surface area contributed by atoms with Crippen LogP contribution in [0.5, 0.6) is 0 Å². The van der Waals surface area contributed by atoms with Gasteiger partial charge in [0.05, 0.1) is 0 Å². The Morgan fingerprint density at radius 1 is 1.33 bits per heavy atom. The van der Waals surface area contributed by atoms with Crippen molar-refractivity contribution in [3.8, 4) is 0 Å². The van der Waals surface area contributed by atoms with Gasteiger partial charge >= 0.3 is 5.97 Å². The summed E-state index contributed by atoms with van der Waals surface area (Å²) in [4.78, 5) is 11.7. The lowest BCUT2D eigenvalue weighted by molar-refractivity contribution is -0.146. The van der Waals surface area contributed by atoms with Gasteiger partial charge in [0.15, 0.2) is 6.10 Å². The number of carbonyl (C=O) groups is 1. The van der Waals surface area contributed by atoms with Crippen LogP contribution < -0.4 is 0 Å². The van der Waals surface area contributed by atoms with E-state index >= 15 is 0 Å². The molecule has 1 unspecified atom stereocenters. The van der Waals surface area contributed by atoms with Crippen molar-refractivity contribution in [3.05, 3.63) is 29.8 Å². The van der Waals surface area contributed by atoms with Crippen molar-refractivity contribution >= 4 is 17.7 Å². The lowest BCUT2D eigenvalue weighted by Crippen LogP contribution is -2.09. The third-order valence-corrected chi connectivity index (χ3v) is 3.61. The second-order valence-corrected chi connectivity index (χ2v) is 5.00. The molecule has 1 aromatic rings. The Kier molecular flexibility index (Phi) is 2.98. The molecule has 80 valence electrons. The Bertz CT molecular complexity index is 357. The van der Waals surface area contributed by atoms with Gasteiger partial charge in [-0.15, -0.1) is 11.8 Å². The summed E-state index contributed by atoms with van der Waals surface area (Å²) in [5.41, 5.74) is 0.433. The van der Waals surface area contributed by atoms with E-state index in [0.717, 1.165) is 10.1 Å². The summed E-state index contributed by atoms with van der Waals surface area (Å²) in [6.45, 7) is 0. The second-order valence-electron chi connectivity index (χ2n) is 3.63. The number of rotatable bonds is 4. The average molecular weight is 224 g/mol. The molecule has 1 fully saturated rings. The van der Waals surface area contributed by atoms with Crippen LogP contribution in [0.15, 0.2) is 29.2 Å². The highest BCUT2D eigenvalue weighted by Gasteiger charge is 2.22. The van der Waals surface area contributed by atoms with Gasteiger partial charge in [-0.1, -0.05) is 12.1 Å². The number of carboxylic acid groups (broad SMARTS) is 1.